The molecule has 0 aromatic heterocycles. The SMILES string of the molecule is CCCCCCCCCCCCCCCCCC(=O)OC[C@H](COP(=O)(O)OC[C@@H](O)COP(=O)(O)OC[C@@H](COC(=O)CCCCCCCCCCCCCCC)OC(=O)CCCCCCCCCCCCC(C)CC)OC(=O)CCCCCCCCCCCCCCCCC(C)C. The van der Waals surface area contributed by atoms with Crippen molar-refractivity contribution in [3.8, 4) is 0 Å². The molecule has 6 atom stereocenters. The van der Waals surface area contributed by atoms with Gasteiger partial charge < -0.3 is 33.8 Å². The van der Waals surface area contributed by atoms with E-state index in [0.29, 0.717) is 25.7 Å². The number of ether oxygens (including phenoxy) is 4. The molecule has 0 saturated heterocycles. The Bertz CT molecular complexity index is 1910. The van der Waals surface area contributed by atoms with Gasteiger partial charge >= 0.3 is 39.5 Å². The molecule has 0 rings (SSSR count). The molecule has 0 aromatic rings. The zero-order chi connectivity index (χ0) is 72.8. The van der Waals surface area contributed by atoms with E-state index in [9.17, 15) is 43.2 Å². The number of hydrogen-bond donors (Lipinski definition) is 3. The molecule has 0 saturated carbocycles. The summed E-state index contributed by atoms with van der Waals surface area (Å²) in [5.74, 6) is -0.509. The van der Waals surface area contributed by atoms with Crippen molar-refractivity contribution in [1.29, 1.82) is 0 Å². The van der Waals surface area contributed by atoms with Gasteiger partial charge in [0.1, 0.15) is 19.3 Å². The van der Waals surface area contributed by atoms with E-state index < -0.39 is 97.5 Å². The van der Waals surface area contributed by atoms with Gasteiger partial charge in [0, 0.05) is 25.7 Å². The fourth-order valence-electron chi connectivity index (χ4n) is 12.3. The summed E-state index contributed by atoms with van der Waals surface area (Å²) in [7, 11) is -9.92. The van der Waals surface area contributed by atoms with Gasteiger partial charge in [-0.3, -0.25) is 37.3 Å². The van der Waals surface area contributed by atoms with Crippen molar-refractivity contribution in [1.82, 2.24) is 0 Å². The Morgan fingerprint density at radius 1 is 0.293 bits per heavy atom. The molecule has 0 bridgehead atoms. The van der Waals surface area contributed by atoms with Gasteiger partial charge in [-0.15, -0.1) is 0 Å². The van der Waals surface area contributed by atoms with Gasteiger partial charge in [0.25, 0.3) is 0 Å². The molecule has 0 radical (unpaired) electrons. The number of unbranched alkanes of at least 4 members (excludes halogenated alkanes) is 48. The van der Waals surface area contributed by atoms with E-state index in [4.69, 9.17) is 37.0 Å². The van der Waals surface area contributed by atoms with Crippen molar-refractivity contribution < 1.29 is 80.2 Å². The lowest BCUT2D eigenvalue weighted by molar-refractivity contribution is -0.161. The summed E-state index contributed by atoms with van der Waals surface area (Å²) in [6, 6.07) is 0. The number of rotatable bonds is 79. The van der Waals surface area contributed by atoms with Crippen molar-refractivity contribution in [2.75, 3.05) is 39.6 Å². The second-order valence-electron chi connectivity index (χ2n) is 29.5. The first-order valence-corrected chi connectivity index (χ1v) is 44.5. The minimum absolute atomic E-state index is 0.107. The van der Waals surface area contributed by atoms with Crippen LogP contribution in [-0.2, 0) is 65.4 Å². The third-order valence-electron chi connectivity index (χ3n) is 19.1. The number of carbonyl (C=O) groups excluding carboxylic acids is 4. The van der Waals surface area contributed by atoms with Gasteiger partial charge in [-0.1, -0.05) is 369 Å². The predicted molar refractivity (Wildman–Crippen MR) is 405 cm³/mol. The number of aliphatic hydroxyl groups excluding tert-OH is 1. The summed E-state index contributed by atoms with van der Waals surface area (Å²) in [5.41, 5.74) is 0. The standard InChI is InChI=1S/C80H156O17P2/c1-7-10-12-14-16-18-20-22-23-28-32-39-45-51-57-63-78(83)91-68-75(96-79(84)64-58-52-46-40-33-29-25-24-27-30-36-42-48-54-60-72(4)5)70-94-98(86,87)92-66-74(81)67-93-99(88,89)95-71-76(69-90-77(82)62-56-50-44-38-31-26-21-19-17-15-13-11-8-2)97-80(85)65-59-53-47-41-35-34-37-43-49-55-61-73(6)9-3/h72-76,81H,7-71H2,1-6H3,(H,86,87)(H,88,89)/t73?,74-,75-,76-/m1/s1. The normalized spacial score (nSPS) is 14.2. The van der Waals surface area contributed by atoms with Crippen molar-refractivity contribution >= 4 is 39.5 Å². The molecule has 0 aliphatic rings. The molecular formula is C80H156O17P2. The zero-order valence-electron chi connectivity index (χ0n) is 64.8. The summed E-state index contributed by atoms with van der Waals surface area (Å²) in [5, 5.41) is 10.6. The molecule has 3 N–H and O–H groups in total. The molecule has 0 amide bonds. The quantitative estimate of drug-likeness (QED) is 0.0222. The lowest BCUT2D eigenvalue weighted by Gasteiger charge is -2.21. The lowest BCUT2D eigenvalue weighted by atomic mass is 9.99. The van der Waals surface area contributed by atoms with Crippen molar-refractivity contribution in [3.63, 3.8) is 0 Å². The molecule has 17 nitrogen and oxygen atoms in total. The van der Waals surface area contributed by atoms with E-state index in [1.54, 1.807) is 0 Å². The van der Waals surface area contributed by atoms with Gasteiger partial charge in [0.05, 0.1) is 26.4 Å². The van der Waals surface area contributed by atoms with Crippen LogP contribution in [0, 0.1) is 11.8 Å². The molecule has 588 valence electrons. The van der Waals surface area contributed by atoms with Crippen LogP contribution in [-0.4, -0.2) is 96.7 Å². The van der Waals surface area contributed by atoms with E-state index >= 15 is 0 Å². The smallest absolute Gasteiger partial charge is 0.462 e. The molecule has 19 heteroatoms. The Labute approximate surface area is 607 Å². The third kappa shape index (κ3) is 72.8. The number of aliphatic hydroxyl groups is 1. The third-order valence-corrected chi connectivity index (χ3v) is 21.0. The van der Waals surface area contributed by atoms with Crippen molar-refractivity contribution in [3.05, 3.63) is 0 Å². The molecule has 0 aliphatic heterocycles. The van der Waals surface area contributed by atoms with E-state index in [-0.39, 0.29) is 25.7 Å². The zero-order valence-corrected chi connectivity index (χ0v) is 66.6. The molecule has 0 aromatic carbocycles. The average molecular weight is 1450 g/mol. The van der Waals surface area contributed by atoms with Crippen LogP contribution in [0.15, 0.2) is 0 Å². The van der Waals surface area contributed by atoms with Crippen LogP contribution in [0.5, 0.6) is 0 Å². The maximum atomic E-state index is 13.1. The Morgan fingerprint density at radius 3 is 0.768 bits per heavy atom. The summed E-state index contributed by atoms with van der Waals surface area (Å²) >= 11 is 0. The number of phosphoric ester groups is 2. The highest BCUT2D eigenvalue weighted by Gasteiger charge is 2.30. The van der Waals surface area contributed by atoms with Crippen LogP contribution >= 0.6 is 15.6 Å². The molecular weight excluding hydrogens is 1290 g/mol. The van der Waals surface area contributed by atoms with Gasteiger partial charge in [0.15, 0.2) is 12.2 Å². The first-order valence-electron chi connectivity index (χ1n) is 41.5. The van der Waals surface area contributed by atoms with E-state index in [1.807, 2.05) is 0 Å². The highest BCUT2D eigenvalue weighted by molar-refractivity contribution is 7.47. The largest absolute Gasteiger partial charge is 0.472 e. The minimum atomic E-state index is -4.96. The fourth-order valence-corrected chi connectivity index (χ4v) is 13.9. The molecule has 99 heavy (non-hydrogen) atoms. The fraction of sp³-hybridized carbons (Fsp3) is 0.950. The second kappa shape index (κ2) is 71.7. The highest BCUT2D eigenvalue weighted by atomic mass is 31.2. The Kier molecular flexibility index (Phi) is 70.3. The number of phosphoric acid groups is 2. The van der Waals surface area contributed by atoms with E-state index in [0.717, 1.165) is 102 Å². The van der Waals surface area contributed by atoms with Gasteiger partial charge in [0.2, 0.25) is 0 Å². The Hall–Kier alpha value is -1.94. The van der Waals surface area contributed by atoms with Crippen LogP contribution < -0.4 is 0 Å². The molecule has 0 fully saturated rings. The van der Waals surface area contributed by atoms with Crippen LogP contribution in [0.3, 0.4) is 0 Å². The van der Waals surface area contributed by atoms with E-state index in [1.165, 1.54) is 238 Å². The maximum absolute atomic E-state index is 13.1. The molecule has 0 aliphatic carbocycles. The first-order chi connectivity index (χ1) is 47.9. The molecule has 0 heterocycles. The van der Waals surface area contributed by atoms with Gasteiger partial charge in [-0.05, 0) is 37.5 Å². The Morgan fingerprint density at radius 2 is 0.515 bits per heavy atom. The first kappa shape index (κ1) is 97.1. The van der Waals surface area contributed by atoms with Crippen molar-refractivity contribution in [2.24, 2.45) is 11.8 Å². The minimum Gasteiger partial charge on any atom is -0.462 e. The number of hydrogen-bond acceptors (Lipinski definition) is 15. The number of carbonyl (C=O) groups is 4. The second-order valence-corrected chi connectivity index (χ2v) is 32.4. The molecule has 0 spiro atoms. The van der Waals surface area contributed by atoms with Crippen molar-refractivity contribution in [2.45, 2.75) is 439 Å². The van der Waals surface area contributed by atoms with Gasteiger partial charge in [-0.25, -0.2) is 9.13 Å². The number of esters is 4. The highest BCUT2D eigenvalue weighted by Crippen LogP contribution is 2.45. The van der Waals surface area contributed by atoms with E-state index in [2.05, 4.69) is 41.5 Å². The van der Waals surface area contributed by atoms with Gasteiger partial charge in [-0.2, -0.15) is 0 Å². The average Bonchev–Trinajstić information content (AvgIpc) is 3.33. The van der Waals surface area contributed by atoms with Crippen LogP contribution in [0.4, 0.5) is 0 Å². The summed E-state index contributed by atoms with van der Waals surface area (Å²) in [6.45, 7) is 9.68. The predicted octanol–water partition coefficient (Wildman–Crippen LogP) is 23.9. The summed E-state index contributed by atoms with van der Waals surface area (Å²) in [4.78, 5) is 73.0. The maximum Gasteiger partial charge on any atom is 0.472 e. The lowest BCUT2D eigenvalue weighted by Crippen LogP contribution is -2.30. The summed E-state index contributed by atoms with van der Waals surface area (Å²) in [6.07, 6.45) is 60.8. The van der Waals surface area contributed by atoms with Crippen LogP contribution in [0.1, 0.15) is 420 Å². The summed E-state index contributed by atoms with van der Waals surface area (Å²) < 4.78 is 68.7. The van der Waals surface area contributed by atoms with Crippen LogP contribution in [0.2, 0.25) is 0 Å². The monoisotopic (exact) mass is 1450 g/mol. The Balaban J connectivity index is 5.27. The molecule has 3 unspecified atom stereocenters. The topological polar surface area (TPSA) is 237 Å². The van der Waals surface area contributed by atoms with Crippen LogP contribution in [0.25, 0.3) is 0 Å².